The van der Waals surface area contributed by atoms with Gasteiger partial charge in [-0.05, 0) is 25.4 Å². The molecule has 2 unspecified atom stereocenters. The maximum absolute atomic E-state index is 12.3. The van der Waals surface area contributed by atoms with Gasteiger partial charge in [0.15, 0.2) is 0 Å². The Hall–Kier alpha value is -0.610. The van der Waals surface area contributed by atoms with Crippen LogP contribution in [0.1, 0.15) is 27.7 Å². The number of nitrogens with zero attached hydrogens (tertiary/aromatic N) is 2. The van der Waals surface area contributed by atoms with Crippen LogP contribution in [0.25, 0.3) is 0 Å². The summed E-state index contributed by atoms with van der Waals surface area (Å²) in [4.78, 5) is 16.4. The van der Waals surface area contributed by atoms with Crippen LogP contribution in [-0.2, 0) is 4.79 Å². The lowest BCUT2D eigenvalue weighted by Gasteiger charge is -2.30. The molecule has 0 saturated carbocycles. The minimum Gasteiger partial charge on any atom is -0.339 e. The van der Waals surface area contributed by atoms with Crippen LogP contribution >= 0.6 is 0 Å². The Morgan fingerprint density at radius 1 is 1.35 bits per heavy atom. The number of hydrogen-bond acceptors (Lipinski definition) is 3. The van der Waals surface area contributed by atoms with Crippen molar-refractivity contribution in [2.24, 2.45) is 17.1 Å². The zero-order valence-corrected chi connectivity index (χ0v) is 12.0. The van der Waals surface area contributed by atoms with Gasteiger partial charge >= 0.3 is 0 Å². The smallest absolute Gasteiger partial charge is 0.240 e. The fourth-order valence-electron chi connectivity index (χ4n) is 2.37. The van der Waals surface area contributed by atoms with Gasteiger partial charge in [0.05, 0.1) is 6.04 Å². The van der Waals surface area contributed by atoms with Crippen LogP contribution in [0.15, 0.2) is 0 Å². The summed E-state index contributed by atoms with van der Waals surface area (Å²) in [7, 11) is 4.14. The summed E-state index contributed by atoms with van der Waals surface area (Å²) >= 11 is 0. The standard InChI is InChI=1S/C13H27N3O/c1-9-7-16(8-10(9)15(5)6)12(17)11(14)13(2,3)4/h9-11H,7-8,14H2,1-6H3/t9?,10?,11-/m1/s1. The van der Waals surface area contributed by atoms with E-state index >= 15 is 0 Å². The summed E-state index contributed by atoms with van der Waals surface area (Å²) in [5.74, 6) is 0.606. The van der Waals surface area contributed by atoms with Crippen molar-refractivity contribution in [1.29, 1.82) is 0 Å². The second-order valence-electron chi connectivity index (χ2n) is 6.60. The molecule has 0 bridgehead atoms. The molecule has 2 N–H and O–H groups in total. The molecule has 0 aliphatic carbocycles. The molecule has 1 rings (SSSR count). The molecule has 0 aromatic rings. The molecule has 0 spiro atoms. The van der Waals surface area contributed by atoms with Crippen LogP contribution in [0, 0.1) is 11.3 Å². The van der Waals surface area contributed by atoms with Crippen molar-refractivity contribution in [1.82, 2.24) is 9.80 Å². The number of carbonyl (C=O) groups excluding carboxylic acids is 1. The van der Waals surface area contributed by atoms with E-state index in [0.717, 1.165) is 13.1 Å². The maximum atomic E-state index is 12.3. The number of rotatable bonds is 2. The number of amides is 1. The van der Waals surface area contributed by atoms with Crippen molar-refractivity contribution in [3.8, 4) is 0 Å². The second kappa shape index (κ2) is 4.94. The summed E-state index contributed by atoms with van der Waals surface area (Å²) < 4.78 is 0. The summed E-state index contributed by atoms with van der Waals surface area (Å²) in [6, 6.07) is 0.0433. The zero-order chi connectivity index (χ0) is 13.4. The van der Waals surface area contributed by atoms with Crippen molar-refractivity contribution in [3.05, 3.63) is 0 Å². The van der Waals surface area contributed by atoms with Crippen LogP contribution < -0.4 is 5.73 Å². The monoisotopic (exact) mass is 241 g/mol. The molecule has 4 heteroatoms. The average Bonchev–Trinajstić information content (AvgIpc) is 2.56. The average molecular weight is 241 g/mol. The lowest BCUT2D eigenvalue weighted by molar-refractivity contribution is -0.134. The van der Waals surface area contributed by atoms with Gasteiger partial charge in [-0.15, -0.1) is 0 Å². The first-order valence-corrected chi connectivity index (χ1v) is 6.35. The first-order chi connectivity index (χ1) is 7.64. The number of carbonyl (C=O) groups is 1. The van der Waals surface area contributed by atoms with Crippen LogP contribution in [0.4, 0.5) is 0 Å². The third kappa shape index (κ3) is 3.19. The van der Waals surface area contributed by atoms with E-state index in [1.54, 1.807) is 0 Å². The Kier molecular flexibility index (Phi) is 4.20. The highest BCUT2D eigenvalue weighted by Gasteiger charge is 2.38. The van der Waals surface area contributed by atoms with Crippen molar-refractivity contribution in [3.63, 3.8) is 0 Å². The zero-order valence-electron chi connectivity index (χ0n) is 12.0. The summed E-state index contributed by atoms with van der Waals surface area (Å²) in [5.41, 5.74) is 5.87. The van der Waals surface area contributed by atoms with Gasteiger partial charge in [0.25, 0.3) is 0 Å². The summed E-state index contributed by atoms with van der Waals surface area (Å²) in [6.07, 6.45) is 0. The Morgan fingerprint density at radius 3 is 2.24 bits per heavy atom. The van der Waals surface area contributed by atoms with Gasteiger partial charge in [-0.1, -0.05) is 27.7 Å². The quantitative estimate of drug-likeness (QED) is 0.777. The van der Waals surface area contributed by atoms with Gasteiger partial charge in [-0.3, -0.25) is 4.79 Å². The maximum Gasteiger partial charge on any atom is 0.240 e. The van der Waals surface area contributed by atoms with Crippen LogP contribution in [0.3, 0.4) is 0 Å². The van der Waals surface area contributed by atoms with E-state index in [4.69, 9.17) is 5.73 Å². The molecule has 0 aromatic carbocycles. The Labute approximate surface area is 105 Å². The van der Waals surface area contributed by atoms with E-state index in [-0.39, 0.29) is 11.3 Å². The first kappa shape index (κ1) is 14.5. The van der Waals surface area contributed by atoms with Gasteiger partial charge in [-0.25, -0.2) is 0 Å². The van der Waals surface area contributed by atoms with Gasteiger partial charge in [0, 0.05) is 19.1 Å². The predicted molar refractivity (Wildman–Crippen MR) is 70.6 cm³/mol. The molecule has 1 fully saturated rings. The van der Waals surface area contributed by atoms with Crippen LogP contribution in [-0.4, -0.2) is 55.0 Å². The minimum absolute atomic E-state index is 0.0914. The highest BCUT2D eigenvalue weighted by Crippen LogP contribution is 2.24. The van der Waals surface area contributed by atoms with Gasteiger partial charge in [-0.2, -0.15) is 0 Å². The van der Waals surface area contributed by atoms with Gasteiger partial charge in [0.1, 0.15) is 0 Å². The molecule has 17 heavy (non-hydrogen) atoms. The topological polar surface area (TPSA) is 49.6 Å². The lowest BCUT2D eigenvalue weighted by Crippen LogP contribution is -2.50. The second-order valence-corrected chi connectivity index (χ2v) is 6.60. The Morgan fingerprint density at radius 2 is 1.88 bits per heavy atom. The molecule has 1 heterocycles. The molecular formula is C13H27N3O. The molecule has 3 atom stereocenters. The lowest BCUT2D eigenvalue weighted by atomic mass is 9.86. The number of likely N-dealkylation sites (tertiary alicyclic amines) is 1. The molecule has 4 nitrogen and oxygen atoms in total. The molecular weight excluding hydrogens is 214 g/mol. The summed E-state index contributed by atoms with van der Waals surface area (Å²) in [5, 5.41) is 0. The Bertz CT molecular complexity index is 283. The Balaban J connectivity index is 2.68. The van der Waals surface area contributed by atoms with E-state index in [1.165, 1.54) is 0 Å². The van der Waals surface area contributed by atoms with Crippen molar-refractivity contribution < 1.29 is 4.79 Å². The highest BCUT2D eigenvalue weighted by molar-refractivity contribution is 5.82. The SMILES string of the molecule is CC1CN(C(=O)[C@@H](N)C(C)(C)C)CC1N(C)C. The van der Waals surface area contributed by atoms with E-state index < -0.39 is 6.04 Å². The molecule has 1 amide bonds. The fourth-order valence-corrected chi connectivity index (χ4v) is 2.37. The number of nitrogens with two attached hydrogens (primary N) is 1. The number of likely N-dealkylation sites (N-methyl/N-ethyl adjacent to an activating group) is 1. The van der Waals surface area contributed by atoms with Gasteiger partial charge in [0.2, 0.25) is 5.91 Å². The largest absolute Gasteiger partial charge is 0.339 e. The third-order valence-electron chi connectivity index (χ3n) is 3.75. The van der Waals surface area contributed by atoms with E-state index in [9.17, 15) is 4.79 Å². The molecule has 1 aliphatic heterocycles. The molecule has 100 valence electrons. The van der Waals surface area contributed by atoms with E-state index in [1.807, 2.05) is 25.7 Å². The predicted octanol–water partition coefficient (Wildman–Crippen LogP) is 0.768. The minimum atomic E-state index is -0.407. The van der Waals surface area contributed by atoms with Crippen molar-refractivity contribution >= 4 is 5.91 Å². The highest BCUT2D eigenvalue weighted by atomic mass is 16.2. The van der Waals surface area contributed by atoms with Crippen LogP contribution in [0.2, 0.25) is 0 Å². The number of hydrogen-bond donors (Lipinski definition) is 1. The third-order valence-corrected chi connectivity index (χ3v) is 3.75. The molecule has 1 aliphatic rings. The van der Waals surface area contributed by atoms with E-state index in [0.29, 0.717) is 12.0 Å². The fraction of sp³-hybridized carbons (Fsp3) is 0.923. The van der Waals surface area contributed by atoms with Crippen LogP contribution in [0.5, 0.6) is 0 Å². The molecule has 0 aromatic heterocycles. The molecule has 0 radical (unpaired) electrons. The normalized spacial score (nSPS) is 27.6. The summed E-state index contributed by atoms with van der Waals surface area (Å²) in [6.45, 7) is 9.86. The van der Waals surface area contributed by atoms with E-state index in [2.05, 4.69) is 25.9 Å². The van der Waals surface area contributed by atoms with Crippen molar-refractivity contribution in [2.45, 2.75) is 39.8 Å². The van der Waals surface area contributed by atoms with Gasteiger partial charge < -0.3 is 15.5 Å². The van der Waals surface area contributed by atoms with Crippen molar-refractivity contribution in [2.75, 3.05) is 27.2 Å². The molecule has 1 saturated heterocycles. The first-order valence-electron chi connectivity index (χ1n) is 6.35.